The Bertz CT molecular complexity index is 279. The SMILES string of the molecule is CCC1CCSC(=NCC(=O)NCC(C)C)N1. The van der Waals surface area contributed by atoms with Gasteiger partial charge in [-0.1, -0.05) is 32.5 Å². The fraction of sp³-hybridized carbons (Fsp3) is 0.833. The van der Waals surface area contributed by atoms with Gasteiger partial charge in [0.15, 0.2) is 5.17 Å². The lowest BCUT2D eigenvalue weighted by Gasteiger charge is -2.24. The molecule has 2 N–H and O–H groups in total. The average Bonchev–Trinajstić information content (AvgIpc) is 2.34. The minimum atomic E-state index is 0.00669. The van der Waals surface area contributed by atoms with Gasteiger partial charge in [-0.2, -0.15) is 0 Å². The quantitative estimate of drug-likeness (QED) is 0.787. The first kappa shape index (κ1) is 14.4. The highest BCUT2D eigenvalue weighted by atomic mass is 32.2. The van der Waals surface area contributed by atoms with Gasteiger partial charge in [-0.3, -0.25) is 9.79 Å². The summed E-state index contributed by atoms with van der Waals surface area (Å²) in [6, 6.07) is 0.522. The molecular formula is C12H23N3OS. The van der Waals surface area contributed by atoms with Crippen molar-refractivity contribution in [2.24, 2.45) is 10.9 Å². The molecule has 1 fully saturated rings. The van der Waals surface area contributed by atoms with Crippen LogP contribution in [0.25, 0.3) is 0 Å². The van der Waals surface area contributed by atoms with Crippen molar-refractivity contribution in [3.63, 3.8) is 0 Å². The number of amides is 1. The molecule has 0 aromatic carbocycles. The molecule has 1 unspecified atom stereocenters. The molecule has 0 aromatic heterocycles. The number of carbonyl (C=O) groups is 1. The number of thioether (sulfide) groups is 1. The Morgan fingerprint density at radius 3 is 3.06 bits per heavy atom. The zero-order valence-corrected chi connectivity index (χ0v) is 11.8. The highest BCUT2D eigenvalue weighted by Crippen LogP contribution is 2.15. The van der Waals surface area contributed by atoms with Gasteiger partial charge in [0.25, 0.3) is 0 Å². The van der Waals surface area contributed by atoms with Gasteiger partial charge in [0.1, 0.15) is 6.54 Å². The lowest BCUT2D eigenvalue weighted by atomic mass is 10.2. The van der Waals surface area contributed by atoms with Crippen molar-refractivity contribution in [1.29, 1.82) is 0 Å². The van der Waals surface area contributed by atoms with Gasteiger partial charge in [-0.15, -0.1) is 0 Å². The zero-order chi connectivity index (χ0) is 12.7. The van der Waals surface area contributed by atoms with E-state index in [1.54, 1.807) is 11.8 Å². The molecule has 4 nitrogen and oxygen atoms in total. The van der Waals surface area contributed by atoms with Gasteiger partial charge < -0.3 is 10.6 Å². The van der Waals surface area contributed by atoms with Crippen molar-refractivity contribution >= 4 is 22.8 Å². The van der Waals surface area contributed by atoms with Crippen LogP contribution in [0.2, 0.25) is 0 Å². The van der Waals surface area contributed by atoms with E-state index in [9.17, 15) is 4.79 Å². The van der Waals surface area contributed by atoms with E-state index in [1.165, 1.54) is 6.42 Å². The van der Waals surface area contributed by atoms with Crippen LogP contribution in [-0.2, 0) is 4.79 Å². The summed E-state index contributed by atoms with van der Waals surface area (Å²) < 4.78 is 0. The van der Waals surface area contributed by atoms with Crippen molar-refractivity contribution in [3.05, 3.63) is 0 Å². The number of nitrogens with zero attached hydrogens (tertiary/aromatic N) is 1. The number of hydrogen-bond acceptors (Lipinski definition) is 3. The third-order valence-corrected chi connectivity index (χ3v) is 3.56. The van der Waals surface area contributed by atoms with Crippen LogP contribution in [0.3, 0.4) is 0 Å². The molecule has 0 spiro atoms. The Balaban J connectivity index is 2.29. The van der Waals surface area contributed by atoms with E-state index in [0.717, 1.165) is 23.9 Å². The number of carbonyl (C=O) groups excluding carboxylic acids is 1. The third kappa shape index (κ3) is 5.96. The summed E-state index contributed by atoms with van der Waals surface area (Å²) in [6.45, 7) is 7.29. The van der Waals surface area contributed by atoms with E-state index in [-0.39, 0.29) is 12.5 Å². The van der Waals surface area contributed by atoms with Crippen molar-refractivity contribution in [3.8, 4) is 0 Å². The number of hydrogen-bond donors (Lipinski definition) is 2. The van der Waals surface area contributed by atoms with Crippen molar-refractivity contribution in [2.45, 2.75) is 39.7 Å². The summed E-state index contributed by atoms with van der Waals surface area (Å²) >= 11 is 1.71. The summed E-state index contributed by atoms with van der Waals surface area (Å²) in [5.41, 5.74) is 0. The van der Waals surface area contributed by atoms with Gasteiger partial charge in [0.05, 0.1) is 0 Å². The van der Waals surface area contributed by atoms with Crippen LogP contribution in [0.5, 0.6) is 0 Å². The first-order chi connectivity index (χ1) is 8.11. The molecule has 0 aromatic rings. The third-order valence-electron chi connectivity index (χ3n) is 2.60. The topological polar surface area (TPSA) is 53.5 Å². The number of rotatable bonds is 5. The first-order valence-electron chi connectivity index (χ1n) is 6.32. The Labute approximate surface area is 108 Å². The summed E-state index contributed by atoms with van der Waals surface area (Å²) in [7, 11) is 0. The molecule has 1 heterocycles. The fourth-order valence-electron chi connectivity index (χ4n) is 1.50. The van der Waals surface area contributed by atoms with Crippen LogP contribution >= 0.6 is 11.8 Å². The Hall–Kier alpha value is -0.710. The molecule has 1 saturated heterocycles. The minimum absolute atomic E-state index is 0.00669. The largest absolute Gasteiger partial charge is 0.362 e. The van der Waals surface area contributed by atoms with E-state index in [2.05, 4.69) is 36.4 Å². The van der Waals surface area contributed by atoms with Crippen LogP contribution < -0.4 is 10.6 Å². The monoisotopic (exact) mass is 257 g/mol. The molecule has 98 valence electrons. The molecule has 0 radical (unpaired) electrons. The van der Waals surface area contributed by atoms with E-state index >= 15 is 0 Å². The number of amidine groups is 1. The van der Waals surface area contributed by atoms with Crippen LogP contribution in [0, 0.1) is 5.92 Å². The van der Waals surface area contributed by atoms with Gasteiger partial charge in [-0.25, -0.2) is 0 Å². The lowest BCUT2D eigenvalue weighted by Crippen LogP contribution is -2.38. The fourth-order valence-corrected chi connectivity index (χ4v) is 2.50. The van der Waals surface area contributed by atoms with Crippen molar-refractivity contribution < 1.29 is 4.79 Å². The maximum absolute atomic E-state index is 11.5. The Morgan fingerprint density at radius 2 is 2.41 bits per heavy atom. The number of aliphatic imine (C=N–C) groups is 1. The molecule has 0 saturated carbocycles. The lowest BCUT2D eigenvalue weighted by molar-refractivity contribution is -0.119. The molecule has 0 aliphatic carbocycles. The van der Waals surface area contributed by atoms with Crippen LogP contribution in [0.15, 0.2) is 4.99 Å². The molecule has 1 aliphatic rings. The molecule has 1 atom stereocenters. The smallest absolute Gasteiger partial charge is 0.241 e. The Kier molecular flexibility index (Phi) is 6.40. The van der Waals surface area contributed by atoms with Crippen LogP contribution in [-0.4, -0.2) is 36.0 Å². The molecule has 1 rings (SSSR count). The summed E-state index contributed by atoms with van der Waals surface area (Å²) in [6.07, 6.45) is 2.29. The minimum Gasteiger partial charge on any atom is -0.362 e. The second-order valence-electron chi connectivity index (χ2n) is 4.71. The van der Waals surface area contributed by atoms with Crippen LogP contribution in [0.1, 0.15) is 33.6 Å². The summed E-state index contributed by atoms with van der Waals surface area (Å²) in [5, 5.41) is 7.14. The molecule has 1 aliphatic heterocycles. The summed E-state index contributed by atoms with van der Waals surface area (Å²) in [4.78, 5) is 15.8. The van der Waals surface area contributed by atoms with E-state index in [0.29, 0.717) is 12.0 Å². The highest BCUT2D eigenvalue weighted by Gasteiger charge is 2.15. The van der Waals surface area contributed by atoms with Gasteiger partial charge >= 0.3 is 0 Å². The molecule has 0 bridgehead atoms. The second-order valence-corrected chi connectivity index (χ2v) is 5.79. The normalized spacial score (nSPS) is 22.6. The first-order valence-corrected chi connectivity index (χ1v) is 7.30. The van der Waals surface area contributed by atoms with Crippen molar-refractivity contribution in [2.75, 3.05) is 18.8 Å². The standard InChI is InChI=1S/C12H23N3OS/c1-4-10-5-6-17-12(15-10)14-8-11(16)13-7-9(2)3/h9-10H,4-8H2,1-3H3,(H,13,16)(H,14,15). The average molecular weight is 257 g/mol. The summed E-state index contributed by atoms with van der Waals surface area (Å²) in [5.74, 6) is 1.59. The molecule has 17 heavy (non-hydrogen) atoms. The molecule has 5 heteroatoms. The number of nitrogens with one attached hydrogen (secondary N) is 2. The second kappa shape index (κ2) is 7.58. The predicted molar refractivity (Wildman–Crippen MR) is 74.4 cm³/mol. The highest BCUT2D eigenvalue weighted by molar-refractivity contribution is 8.13. The maximum atomic E-state index is 11.5. The zero-order valence-electron chi connectivity index (χ0n) is 11.0. The predicted octanol–water partition coefficient (Wildman–Crippen LogP) is 1.62. The van der Waals surface area contributed by atoms with Crippen LogP contribution in [0.4, 0.5) is 0 Å². The molecular weight excluding hydrogens is 234 g/mol. The van der Waals surface area contributed by atoms with Gasteiger partial charge in [0, 0.05) is 18.3 Å². The Morgan fingerprint density at radius 1 is 1.65 bits per heavy atom. The van der Waals surface area contributed by atoms with Gasteiger partial charge in [0.2, 0.25) is 5.91 Å². The van der Waals surface area contributed by atoms with Crippen molar-refractivity contribution in [1.82, 2.24) is 10.6 Å². The van der Waals surface area contributed by atoms with E-state index in [4.69, 9.17) is 0 Å². The van der Waals surface area contributed by atoms with E-state index in [1.807, 2.05) is 0 Å². The van der Waals surface area contributed by atoms with Gasteiger partial charge in [-0.05, 0) is 18.8 Å². The molecule has 1 amide bonds. The maximum Gasteiger partial charge on any atom is 0.241 e. The van der Waals surface area contributed by atoms with E-state index < -0.39 is 0 Å².